The molecule has 1 nitrogen and oxygen atoms in total. The summed E-state index contributed by atoms with van der Waals surface area (Å²) in [4.78, 5) is 0. The van der Waals surface area contributed by atoms with Crippen LogP contribution in [-0.4, -0.2) is 0 Å². The smallest absolute Gasteiger partial charge is 0.0873 e. The Balaban J connectivity index is 2.51. The van der Waals surface area contributed by atoms with Gasteiger partial charge in [0.15, 0.2) is 0 Å². The number of halogens is 2. The molecule has 1 aromatic rings. The third-order valence-corrected chi connectivity index (χ3v) is 2.34. The second-order valence-electron chi connectivity index (χ2n) is 2.55. The standard InChI is InChI=1S/C9H6Cl2N/c10-6-1-2-7-8(11)3-4-12-9(7)5-6/h1-2,4-5,8,12H. The third kappa shape index (κ3) is 1.30. The van der Waals surface area contributed by atoms with Gasteiger partial charge in [-0.25, -0.2) is 0 Å². The molecule has 1 heterocycles. The summed E-state index contributed by atoms with van der Waals surface area (Å²) in [7, 11) is 0. The van der Waals surface area contributed by atoms with Crippen LogP contribution in [0.5, 0.6) is 0 Å². The van der Waals surface area contributed by atoms with Crippen molar-refractivity contribution in [3.8, 4) is 0 Å². The van der Waals surface area contributed by atoms with E-state index in [2.05, 4.69) is 11.4 Å². The van der Waals surface area contributed by atoms with Crippen molar-refractivity contribution in [2.45, 2.75) is 5.38 Å². The van der Waals surface area contributed by atoms with Crippen molar-refractivity contribution in [2.75, 3.05) is 5.32 Å². The molecule has 0 saturated carbocycles. The monoisotopic (exact) mass is 198 g/mol. The van der Waals surface area contributed by atoms with Crippen molar-refractivity contribution in [1.29, 1.82) is 0 Å². The number of rotatable bonds is 0. The SMILES string of the molecule is Clc1ccc2c(c1)NC=[C]C2Cl. The van der Waals surface area contributed by atoms with Crippen molar-refractivity contribution >= 4 is 28.9 Å². The Labute approximate surface area is 81.0 Å². The van der Waals surface area contributed by atoms with Gasteiger partial charge in [0.2, 0.25) is 0 Å². The summed E-state index contributed by atoms with van der Waals surface area (Å²) >= 11 is 11.8. The van der Waals surface area contributed by atoms with Crippen LogP contribution < -0.4 is 5.32 Å². The molecule has 0 aromatic heterocycles. The van der Waals surface area contributed by atoms with Crippen molar-refractivity contribution < 1.29 is 0 Å². The van der Waals surface area contributed by atoms with Gasteiger partial charge in [-0.1, -0.05) is 17.7 Å². The normalized spacial score (nSPS) is 20.0. The predicted molar refractivity (Wildman–Crippen MR) is 51.5 cm³/mol. The summed E-state index contributed by atoms with van der Waals surface area (Å²) in [5.41, 5.74) is 1.98. The minimum Gasteiger partial charge on any atom is -0.361 e. The molecule has 1 N–H and O–H groups in total. The number of fused-ring (bicyclic) bond motifs is 1. The third-order valence-electron chi connectivity index (χ3n) is 1.75. The molecule has 1 unspecified atom stereocenters. The second-order valence-corrected chi connectivity index (χ2v) is 3.42. The molecule has 0 fully saturated rings. The van der Waals surface area contributed by atoms with E-state index in [4.69, 9.17) is 23.2 Å². The Bertz CT molecular complexity index is 333. The molecule has 0 aliphatic carbocycles. The number of anilines is 1. The summed E-state index contributed by atoms with van der Waals surface area (Å²) in [5.74, 6) is 0. The summed E-state index contributed by atoms with van der Waals surface area (Å²) in [6.45, 7) is 0. The molecule has 61 valence electrons. The zero-order valence-corrected chi connectivity index (χ0v) is 7.65. The highest BCUT2D eigenvalue weighted by Gasteiger charge is 2.13. The van der Waals surface area contributed by atoms with Crippen molar-refractivity contribution in [2.24, 2.45) is 0 Å². The van der Waals surface area contributed by atoms with Crippen LogP contribution >= 0.6 is 23.2 Å². The van der Waals surface area contributed by atoms with Crippen LogP contribution in [0.1, 0.15) is 10.9 Å². The van der Waals surface area contributed by atoms with E-state index in [1.165, 1.54) is 0 Å². The van der Waals surface area contributed by atoms with Gasteiger partial charge in [0.05, 0.1) is 5.38 Å². The zero-order valence-electron chi connectivity index (χ0n) is 6.14. The van der Waals surface area contributed by atoms with Crippen LogP contribution in [-0.2, 0) is 0 Å². The maximum atomic E-state index is 5.97. The number of nitrogens with one attached hydrogen (secondary N) is 1. The summed E-state index contributed by atoms with van der Waals surface area (Å²) in [6, 6.07) is 5.58. The summed E-state index contributed by atoms with van der Waals surface area (Å²) in [6.07, 6.45) is 4.65. The molecule has 0 bridgehead atoms. The molecule has 0 amide bonds. The lowest BCUT2D eigenvalue weighted by Gasteiger charge is -2.16. The number of allylic oxidation sites excluding steroid dienone is 1. The fourth-order valence-electron chi connectivity index (χ4n) is 1.16. The molecule has 2 rings (SSSR count). The lowest BCUT2D eigenvalue weighted by Crippen LogP contribution is -2.02. The van der Waals surface area contributed by atoms with Crippen molar-refractivity contribution in [3.63, 3.8) is 0 Å². The first kappa shape index (κ1) is 7.96. The van der Waals surface area contributed by atoms with E-state index in [0.717, 1.165) is 11.3 Å². The molecule has 0 spiro atoms. The average Bonchev–Trinajstić information content (AvgIpc) is 2.04. The van der Waals surface area contributed by atoms with E-state index in [1.807, 2.05) is 18.2 Å². The molecular weight excluding hydrogens is 193 g/mol. The van der Waals surface area contributed by atoms with E-state index in [0.29, 0.717) is 5.02 Å². The fraction of sp³-hybridized carbons (Fsp3) is 0.111. The number of benzene rings is 1. The lowest BCUT2D eigenvalue weighted by molar-refractivity contribution is 1.14. The van der Waals surface area contributed by atoms with Gasteiger partial charge in [0, 0.05) is 16.9 Å². The highest BCUT2D eigenvalue weighted by molar-refractivity contribution is 6.31. The zero-order chi connectivity index (χ0) is 8.55. The van der Waals surface area contributed by atoms with Gasteiger partial charge >= 0.3 is 0 Å². The van der Waals surface area contributed by atoms with Crippen molar-refractivity contribution in [3.05, 3.63) is 41.1 Å². The fourth-order valence-corrected chi connectivity index (χ4v) is 1.58. The predicted octanol–water partition coefficient (Wildman–Crippen LogP) is 3.36. The molecule has 12 heavy (non-hydrogen) atoms. The Kier molecular flexibility index (Phi) is 1.99. The Morgan fingerprint density at radius 1 is 1.42 bits per heavy atom. The van der Waals surface area contributed by atoms with Crippen LogP contribution in [0, 0.1) is 6.08 Å². The van der Waals surface area contributed by atoms with E-state index in [9.17, 15) is 0 Å². The Morgan fingerprint density at radius 2 is 2.25 bits per heavy atom. The second kappa shape index (κ2) is 3.00. The molecule has 1 aliphatic rings. The first-order valence-corrected chi connectivity index (χ1v) is 4.36. The maximum Gasteiger partial charge on any atom is 0.0873 e. The van der Waals surface area contributed by atoms with Gasteiger partial charge in [-0.15, -0.1) is 11.6 Å². The number of hydrogen-bond acceptors (Lipinski definition) is 1. The van der Waals surface area contributed by atoms with E-state index in [-0.39, 0.29) is 5.38 Å². The molecule has 1 aliphatic heterocycles. The number of alkyl halides is 1. The quantitative estimate of drug-likeness (QED) is 0.631. The van der Waals surface area contributed by atoms with Crippen LogP contribution in [0.25, 0.3) is 0 Å². The minimum absolute atomic E-state index is 0.168. The van der Waals surface area contributed by atoms with Gasteiger partial charge in [-0.3, -0.25) is 0 Å². The molecule has 1 radical (unpaired) electrons. The molecule has 1 aromatic carbocycles. The molecule has 1 atom stereocenters. The van der Waals surface area contributed by atoms with Gasteiger partial charge in [0.25, 0.3) is 0 Å². The first-order chi connectivity index (χ1) is 5.77. The minimum atomic E-state index is -0.168. The van der Waals surface area contributed by atoms with Gasteiger partial charge < -0.3 is 5.32 Å². The number of hydrogen-bond donors (Lipinski definition) is 1. The van der Waals surface area contributed by atoms with Crippen LogP contribution in [0.3, 0.4) is 0 Å². The highest BCUT2D eigenvalue weighted by Crippen LogP contribution is 2.33. The van der Waals surface area contributed by atoms with E-state index in [1.54, 1.807) is 6.20 Å². The van der Waals surface area contributed by atoms with Gasteiger partial charge in [0.1, 0.15) is 0 Å². The molecule has 3 heteroatoms. The first-order valence-electron chi connectivity index (χ1n) is 3.55. The van der Waals surface area contributed by atoms with E-state index >= 15 is 0 Å². The Morgan fingerprint density at radius 3 is 3.08 bits per heavy atom. The topological polar surface area (TPSA) is 12.0 Å². The van der Waals surface area contributed by atoms with E-state index < -0.39 is 0 Å². The average molecular weight is 199 g/mol. The van der Waals surface area contributed by atoms with Crippen LogP contribution in [0.4, 0.5) is 5.69 Å². The highest BCUT2D eigenvalue weighted by atomic mass is 35.5. The van der Waals surface area contributed by atoms with Crippen LogP contribution in [0.15, 0.2) is 24.4 Å². The summed E-state index contributed by atoms with van der Waals surface area (Å²) < 4.78 is 0. The molecular formula is C9H6Cl2N. The summed E-state index contributed by atoms with van der Waals surface area (Å²) in [5, 5.41) is 3.57. The van der Waals surface area contributed by atoms with Gasteiger partial charge in [-0.05, 0) is 23.8 Å². The largest absolute Gasteiger partial charge is 0.361 e. The lowest BCUT2D eigenvalue weighted by atomic mass is 10.1. The van der Waals surface area contributed by atoms with Crippen LogP contribution in [0.2, 0.25) is 5.02 Å². The maximum absolute atomic E-state index is 5.97. The van der Waals surface area contributed by atoms with Gasteiger partial charge in [-0.2, -0.15) is 0 Å². The molecule has 0 saturated heterocycles. The van der Waals surface area contributed by atoms with Crippen molar-refractivity contribution in [1.82, 2.24) is 0 Å². The Hall–Kier alpha value is -0.660.